The molecule has 0 aliphatic heterocycles. The predicted octanol–water partition coefficient (Wildman–Crippen LogP) is 3.90. The van der Waals surface area contributed by atoms with Crippen molar-refractivity contribution >= 4 is 22.8 Å². The third-order valence-electron chi connectivity index (χ3n) is 3.99. The van der Waals surface area contributed by atoms with Crippen LogP contribution in [0.2, 0.25) is 0 Å². The monoisotopic (exact) mass is 333 g/mol. The van der Waals surface area contributed by atoms with E-state index in [1.165, 1.54) is 9.36 Å². The van der Waals surface area contributed by atoms with E-state index >= 15 is 0 Å². The Labute approximate surface area is 140 Å². The van der Waals surface area contributed by atoms with Crippen molar-refractivity contribution in [3.05, 3.63) is 40.2 Å². The second kappa shape index (κ2) is 7.08. The summed E-state index contributed by atoms with van der Waals surface area (Å²) in [5, 5.41) is -0.220. The zero-order valence-electron chi connectivity index (χ0n) is 14.0. The Bertz CT molecular complexity index is 777. The fraction of sp³-hybridized carbons (Fsp3) is 0.412. The lowest BCUT2D eigenvalue weighted by atomic mass is 10.0. The molecule has 1 aromatic carbocycles. The molecule has 0 radical (unpaired) electrons. The first-order valence-corrected chi connectivity index (χ1v) is 8.78. The van der Waals surface area contributed by atoms with Crippen LogP contribution >= 0.6 is 11.8 Å². The van der Waals surface area contributed by atoms with Crippen molar-refractivity contribution in [1.82, 2.24) is 9.36 Å². The maximum absolute atomic E-state index is 13.0. The Morgan fingerprint density at radius 3 is 2.52 bits per heavy atom. The molecule has 0 aliphatic carbocycles. The molecule has 1 atom stereocenters. The minimum absolute atomic E-state index is 0.107. The predicted molar refractivity (Wildman–Crippen MR) is 97.2 cm³/mol. The molecule has 0 aliphatic rings. The first-order valence-electron chi connectivity index (χ1n) is 7.80. The van der Waals surface area contributed by atoms with Gasteiger partial charge in [0.1, 0.15) is 5.82 Å². The Morgan fingerprint density at radius 1 is 1.30 bits per heavy atom. The fourth-order valence-electron chi connectivity index (χ4n) is 2.58. The Morgan fingerprint density at radius 2 is 1.96 bits per heavy atom. The lowest BCUT2D eigenvalue weighted by Crippen LogP contribution is -2.29. The van der Waals surface area contributed by atoms with Gasteiger partial charge >= 0.3 is 5.24 Å². The Kier molecular flexibility index (Phi) is 5.36. The highest BCUT2D eigenvalue weighted by Crippen LogP contribution is 2.29. The topological polar surface area (TPSA) is 70.0 Å². The number of carbonyl (C=O) groups excluding carboxylic acids is 1. The van der Waals surface area contributed by atoms with Crippen molar-refractivity contribution in [2.24, 2.45) is 0 Å². The van der Waals surface area contributed by atoms with E-state index in [-0.39, 0.29) is 22.7 Å². The van der Waals surface area contributed by atoms with Crippen molar-refractivity contribution in [3.63, 3.8) is 0 Å². The number of nitrogen functional groups attached to an aromatic ring is 1. The number of aromatic nitrogens is 2. The normalized spacial score (nSPS) is 12.3. The van der Waals surface area contributed by atoms with Crippen LogP contribution in [0, 0.1) is 6.92 Å². The van der Waals surface area contributed by atoms with Gasteiger partial charge in [-0.05, 0) is 37.1 Å². The number of benzene rings is 1. The van der Waals surface area contributed by atoms with Gasteiger partial charge < -0.3 is 5.73 Å². The Hall–Kier alpha value is -1.95. The maximum Gasteiger partial charge on any atom is 0.306 e. The van der Waals surface area contributed by atoms with E-state index in [4.69, 9.17) is 5.73 Å². The van der Waals surface area contributed by atoms with E-state index in [1.807, 2.05) is 52.0 Å². The summed E-state index contributed by atoms with van der Waals surface area (Å²) < 4.78 is 2.83. The summed E-state index contributed by atoms with van der Waals surface area (Å²) >= 11 is 1.15. The molecule has 6 heteroatoms. The number of nitrogens with zero attached hydrogens (tertiary/aromatic N) is 2. The van der Waals surface area contributed by atoms with E-state index in [2.05, 4.69) is 0 Å². The molecule has 1 unspecified atom stereocenters. The van der Waals surface area contributed by atoms with E-state index in [0.717, 1.165) is 29.3 Å². The molecule has 0 spiro atoms. The summed E-state index contributed by atoms with van der Waals surface area (Å²) in [7, 11) is 0. The zero-order valence-corrected chi connectivity index (χ0v) is 14.8. The number of hydrogen-bond acceptors (Lipinski definition) is 4. The van der Waals surface area contributed by atoms with Crippen LogP contribution in [0.15, 0.2) is 29.1 Å². The molecule has 2 rings (SSSR count). The number of thioether (sulfide) groups is 1. The molecule has 2 N–H and O–H groups in total. The van der Waals surface area contributed by atoms with Crippen LogP contribution in [-0.2, 0) is 0 Å². The third-order valence-corrected chi connectivity index (χ3v) is 4.69. The summed E-state index contributed by atoms with van der Waals surface area (Å²) in [5.74, 6) is 0.848. The first-order chi connectivity index (χ1) is 10.9. The van der Waals surface area contributed by atoms with Crippen LogP contribution < -0.4 is 11.3 Å². The second-order valence-corrected chi connectivity index (χ2v) is 6.71. The van der Waals surface area contributed by atoms with Gasteiger partial charge in [0.2, 0.25) is 0 Å². The van der Waals surface area contributed by atoms with Gasteiger partial charge in [-0.2, -0.15) is 4.68 Å². The number of carbonyl (C=O) groups is 1. The SMILES string of the molecule is CCSC(=O)n1c(N)c(-c2ccccc2C)c(=O)n1C(C)CC. The summed E-state index contributed by atoms with van der Waals surface area (Å²) in [6, 6.07) is 7.47. The van der Waals surface area contributed by atoms with Gasteiger partial charge in [-0.1, -0.05) is 49.9 Å². The summed E-state index contributed by atoms with van der Waals surface area (Å²) in [6.45, 7) is 7.73. The molecule has 5 nitrogen and oxygen atoms in total. The molecular weight excluding hydrogens is 310 g/mol. The van der Waals surface area contributed by atoms with Crippen molar-refractivity contribution in [1.29, 1.82) is 0 Å². The molecule has 0 bridgehead atoms. The van der Waals surface area contributed by atoms with Gasteiger partial charge in [0, 0.05) is 0 Å². The van der Waals surface area contributed by atoms with Gasteiger partial charge in [0.05, 0.1) is 11.6 Å². The maximum atomic E-state index is 13.0. The molecule has 0 fully saturated rings. The highest BCUT2D eigenvalue weighted by molar-refractivity contribution is 8.13. The lowest BCUT2D eigenvalue weighted by molar-refractivity contribution is 0.253. The van der Waals surface area contributed by atoms with Gasteiger partial charge in [0.15, 0.2) is 0 Å². The van der Waals surface area contributed by atoms with Crippen molar-refractivity contribution < 1.29 is 4.79 Å². The van der Waals surface area contributed by atoms with Crippen molar-refractivity contribution in [2.45, 2.75) is 40.2 Å². The molecule has 2 aromatic rings. The molecule has 1 aromatic heterocycles. The van der Waals surface area contributed by atoms with E-state index in [0.29, 0.717) is 11.3 Å². The van der Waals surface area contributed by atoms with Crippen LogP contribution in [0.1, 0.15) is 38.8 Å². The van der Waals surface area contributed by atoms with E-state index in [1.54, 1.807) is 0 Å². The quantitative estimate of drug-likeness (QED) is 0.921. The van der Waals surface area contributed by atoms with Crippen LogP contribution in [0.4, 0.5) is 10.6 Å². The number of hydrogen-bond donors (Lipinski definition) is 1. The molecule has 0 amide bonds. The minimum atomic E-state index is -0.220. The average molecular weight is 333 g/mol. The highest BCUT2D eigenvalue weighted by Gasteiger charge is 2.26. The van der Waals surface area contributed by atoms with Crippen LogP contribution in [0.25, 0.3) is 11.1 Å². The zero-order chi connectivity index (χ0) is 17.1. The number of nitrogens with two attached hydrogens (primary N) is 1. The third kappa shape index (κ3) is 3.08. The molecular formula is C17H23N3O2S. The summed E-state index contributed by atoms with van der Waals surface area (Å²) in [5.41, 5.74) is 8.17. The molecule has 0 saturated carbocycles. The number of anilines is 1. The largest absolute Gasteiger partial charge is 0.383 e. The summed E-state index contributed by atoms with van der Waals surface area (Å²) in [4.78, 5) is 25.4. The van der Waals surface area contributed by atoms with Crippen LogP contribution in [-0.4, -0.2) is 20.4 Å². The smallest absolute Gasteiger partial charge is 0.306 e. The molecule has 0 saturated heterocycles. The fourth-order valence-corrected chi connectivity index (χ4v) is 3.14. The molecule has 23 heavy (non-hydrogen) atoms. The van der Waals surface area contributed by atoms with Crippen molar-refractivity contribution in [3.8, 4) is 11.1 Å². The number of aryl methyl sites for hydroxylation is 1. The van der Waals surface area contributed by atoms with Gasteiger partial charge in [-0.15, -0.1) is 0 Å². The van der Waals surface area contributed by atoms with Gasteiger partial charge in [-0.25, -0.2) is 4.68 Å². The average Bonchev–Trinajstić information content (AvgIpc) is 2.78. The number of rotatable bonds is 4. The lowest BCUT2D eigenvalue weighted by Gasteiger charge is -2.15. The van der Waals surface area contributed by atoms with E-state index < -0.39 is 0 Å². The standard InChI is InChI=1S/C17H23N3O2S/c1-5-12(4)19-16(21)14(13-10-8-7-9-11(13)3)15(18)20(19)17(22)23-6-2/h7-10,12H,5-6,18H2,1-4H3. The highest BCUT2D eigenvalue weighted by atomic mass is 32.2. The van der Waals surface area contributed by atoms with Gasteiger partial charge in [-0.3, -0.25) is 9.59 Å². The first kappa shape index (κ1) is 17.4. The van der Waals surface area contributed by atoms with Gasteiger partial charge in [0.25, 0.3) is 5.56 Å². The van der Waals surface area contributed by atoms with Crippen LogP contribution in [0.3, 0.4) is 0 Å². The van der Waals surface area contributed by atoms with Crippen molar-refractivity contribution in [2.75, 3.05) is 11.5 Å². The second-order valence-electron chi connectivity index (χ2n) is 5.49. The van der Waals surface area contributed by atoms with Crippen LogP contribution in [0.5, 0.6) is 0 Å². The molecule has 1 heterocycles. The van der Waals surface area contributed by atoms with E-state index in [9.17, 15) is 9.59 Å². The minimum Gasteiger partial charge on any atom is -0.383 e. The summed E-state index contributed by atoms with van der Waals surface area (Å²) in [6.07, 6.45) is 0.737. The Balaban J connectivity index is 2.78. The molecule has 124 valence electrons.